The van der Waals surface area contributed by atoms with Gasteiger partial charge in [-0.15, -0.1) is 0 Å². The van der Waals surface area contributed by atoms with Crippen molar-refractivity contribution in [2.24, 2.45) is 5.73 Å². The van der Waals surface area contributed by atoms with Crippen LogP contribution in [0.1, 0.15) is 12.8 Å². The average molecular weight is 344 g/mol. The first-order valence-corrected chi connectivity index (χ1v) is 7.05. The average Bonchev–Trinajstić information content (AvgIpc) is 2.81. The molecule has 0 saturated carbocycles. The maximum absolute atomic E-state index is 13.6. The second-order valence-electron chi connectivity index (χ2n) is 4.70. The summed E-state index contributed by atoms with van der Waals surface area (Å²) in [5.74, 6) is -1.30. The number of likely N-dealkylation sites (tertiary alicyclic amines) is 1. The number of halogens is 2. The normalized spacial score (nSPS) is 19.0. The van der Waals surface area contributed by atoms with E-state index < -0.39 is 17.8 Å². The van der Waals surface area contributed by atoms with Crippen molar-refractivity contribution in [2.75, 3.05) is 18.4 Å². The van der Waals surface area contributed by atoms with E-state index in [1.165, 1.54) is 12.1 Å². The molecule has 1 unspecified atom stereocenters. The lowest BCUT2D eigenvalue weighted by atomic mass is 10.2. The Morgan fingerprint density at radius 3 is 2.90 bits per heavy atom. The van der Waals surface area contributed by atoms with E-state index in [1.807, 2.05) is 0 Å². The lowest BCUT2D eigenvalue weighted by molar-refractivity contribution is -0.123. The molecular weight excluding hydrogens is 329 g/mol. The summed E-state index contributed by atoms with van der Waals surface area (Å²) in [7, 11) is 0. The third kappa shape index (κ3) is 3.55. The van der Waals surface area contributed by atoms with Gasteiger partial charge in [-0.2, -0.15) is 0 Å². The van der Waals surface area contributed by atoms with Crippen LogP contribution in [0.3, 0.4) is 0 Å². The predicted octanol–water partition coefficient (Wildman–Crippen LogP) is 1.48. The number of carbonyl (C=O) groups is 2. The lowest BCUT2D eigenvalue weighted by Gasteiger charge is -2.21. The molecule has 108 valence electrons. The highest BCUT2D eigenvalue weighted by molar-refractivity contribution is 9.10. The molecule has 2 amide bonds. The SMILES string of the molecule is NC(=O)C1CCCN1CC(=O)Nc1ccc(Br)cc1F. The van der Waals surface area contributed by atoms with Crippen molar-refractivity contribution in [1.29, 1.82) is 0 Å². The molecule has 20 heavy (non-hydrogen) atoms. The minimum Gasteiger partial charge on any atom is -0.368 e. The molecule has 7 heteroatoms. The molecule has 3 N–H and O–H groups in total. The van der Waals surface area contributed by atoms with Crippen LogP contribution in [0.15, 0.2) is 22.7 Å². The van der Waals surface area contributed by atoms with Crippen LogP contribution in [0.25, 0.3) is 0 Å². The zero-order valence-electron chi connectivity index (χ0n) is 10.7. The second-order valence-corrected chi connectivity index (χ2v) is 5.62. The van der Waals surface area contributed by atoms with Crippen molar-refractivity contribution in [3.05, 3.63) is 28.5 Å². The molecule has 1 fully saturated rings. The summed E-state index contributed by atoms with van der Waals surface area (Å²) < 4.78 is 14.2. The molecule has 0 radical (unpaired) electrons. The summed E-state index contributed by atoms with van der Waals surface area (Å²) in [6.45, 7) is 0.674. The fourth-order valence-electron chi connectivity index (χ4n) is 2.30. The molecule has 0 spiro atoms. The smallest absolute Gasteiger partial charge is 0.238 e. The highest BCUT2D eigenvalue weighted by Crippen LogP contribution is 2.20. The van der Waals surface area contributed by atoms with E-state index in [9.17, 15) is 14.0 Å². The van der Waals surface area contributed by atoms with E-state index in [0.717, 1.165) is 6.42 Å². The summed E-state index contributed by atoms with van der Waals surface area (Å²) in [6, 6.07) is 3.99. The molecule has 0 bridgehead atoms. The number of nitrogens with zero attached hydrogens (tertiary/aromatic N) is 1. The van der Waals surface area contributed by atoms with Crippen LogP contribution in [-0.4, -0.2) is 35.8 Å². The minimum absolute atomic E-state index is 0.0309. The Kier molecular flexibility index (Phi) is 4.72. The quantitative estimate of drug-likeness (QED) is 0.869. The first-order valence-electron chi connectivity index (χ1n) is 6.25. The molecule has 0 aromatic heterocycles. The number of carbonyl (C=O) groups excluding carboxylic acids is 2. The van der Waals surface area contributed by atoms with Crippen molar-refractivity contribution < 1.29 is 14.0 Å². The van der Waals surface area contributed by atoms with E-state index in [4.69, 9.17) is 5.73 Å². The lowest BCUT2D eigenvalue weighted by Crippen LogP contribution is -2.43. The zero-order chi connectivity index (χ0) is 14.7. The Balaban J connectivity index is 1.97. The van der Waals surface area contributed by atoms with Crippen molar-refractivity contribution in [1.82, 2.24) is 4.90 Å². The Labute approximate surface area is 124 Å². The summed E-state index contributed by atoms with van der Waals surface area (Å²) in [4.78, 5) is 24.8. The van der Waals surface area contributed by atoms with Gasteiger partial charge in [-0.05, 0) is 37.6 Å². The molecule has 1 aromatic carbocycles. The Morgan fingerprint density at radius 2 is 2.25 bits per heavy atom. The number of nitrogens with two attached hydrogens (primary N) is 1. The summed E-state index contributed by atoms with van der Waals surface area (Å²) in [5.41, 5.74) is 5.40. The van der Waals surface area contributed by atoms with Crippen molar-refractivity contribution in [3.8, 4) is 0 Å². The van der Waals surface area contributed by atoms with Gasteiger partial charge in [0.15, 0.2) is 0 Å². The highest BCUT2D eigenvalue weighted by Gasteiger charge is 2.30. The zero-order valence-corrected chi connectivity index (χ0v) is 12.3. The largest absolute Gasteiger partial charge is 0.368 e. The maximum atomic E-state index is 13.6. The van der Waals surface area contributed by atoms with Gasteiger partial charge < -0.3 is 11.1 Å². The molecule has 2 rings (SSSR count). The molecule has 0 aliphatic carbocycles. The van der Waals surface area contributed by atoms with Crippen molar-refractivity contribution in [2.45, 2.75) is 18.9 Å². The number of amides is 2. The standard InChI is InChI=1S/C13H15BrFN3O2/c14-8-3-4-10(9(15)6-8)17-12(19)7-18-5-1-2-11(18)13(16)20/h3-4,6,11H,1-2,5,7H2,(H2,16,20)(H,17,19). The molecule has 1 saturated heterocycles. The Bertz CT molecular complexity index is 538. The van der Waals surface area contributed by atoms with E-state index in [2.05, 4.69) is 21.2 Å². The molecule has 1 aliphatic rings. The summed E-state index contributed by atoms with van der Waals surface area (Å²) in [5, 5.41) is 2.50. The molecule has 5 nitrogen and oxygen atoms in total. The van der Waals surface area contributed by atoms with E-state index in [1.54, 1.807) is 11.0 Å². The molecular formula is C13H15BrFN3O2. The Morgan fingerprint density at radius 1 is 1.50 bits per heavy atom. The van der Waals surface area contributed by atoms with Gasteiger partial charge in [-0.25, -0.2) is 4.39 Å². The van der Waals surface area contributed by atoms with E-state index in [0.29, 0.717) is 17.4 Å². The van der Waals surface area contributed by atoms with Gasteiger partial charge in [0.25, 0.3) is 0 Å². The number of hydrogen-bond donors (Lipinski definition) is 2. The van der Waals surface area contributed by atoms with Crippen LogP contribution in [0.5, 0.6) is 0 Å². The van der Waals surface area contributed by atoms with Gasteiger partial charge in [0.2, 0.25) is 11.8 Å². The summed E-state index contributed by atoms with van der Waals surface area (Å²) >= 11 is 3.14. The maximum Gasteiger partial charge on any atom is 0.238 e. The number of hydrogen-bond acceptors (Lipinski definition) is 3. The van der Waals surface area contributed by atoms with E-state index in [-0.39, 0.29) is 18.1 Å². The van der Waals surface area contributed by atoms with Crippen LogP contribution in [0, 0.1) is 5.82 Å². The molecule has 1 atom stereocenters. The summed E-state index contributed by atoms with van der Waals surface area (Å²) in [6.07, 6.45) is 1.49. The second kappa shape index (κ2) is 6.32. The molecule has 1 heterocycles. The van der Waals surface area contributed by atoms with Gasteiger partial charge in [-0.1, -0.05) is 15.9 Å². The fourth-order valence-corrected chi connectivity index (χ4v) is 2.64. The third-order valence-corrected chi connectivity index (χ3v) is 3.74. The van der Waals surface area contributed by atoms with E-state index >= 15 is 0 Å². The number of primary amides is 1. The third-order valence-electron chi connectivity index (χ3n) is 3.24. The number of rotatable bonds is 4. The number of nitrogens with one attached hydrogen (secondary N) is 1. The molecule has 1 aromatic rings. The van der Waals surface area contributed by atoms with Gasteiger partial charge in [0.05, 0.1) is 18.3 Å². The van der Waals surface area contributed by atoms with Crippen LogP contribution in [0.2, 0.25) is 0 Å². The van der Waals surface area contributed by atoms with Gasteiger partial charge in [0.1, 0.15) is 5.82 Å². The van der Waals surface area contributed by atoms with Gasteiger partial charge >= 0.3 is 0 Å². The highest BCUT2D eigenvalue weighted by atomic mass is 79.9. The topological polar surface area (TPSA) is 75.4 Å². The molecule has 1 aliphatic heterocycles. The first kappa shape index (κ1) is 14.9. The van der Waals surface area contributed by atoms with Crippen molar-refractivity contribution in [3.63, 3.8) is 0 Å². The van der Waals surface area contributed by atoms with Crippen LogP contribution in [-0.2, 0) is 9.59 Å². The van der Waals surface area contributed by atoms with Gasteiger partial charge in [0, 0.05) is 4.47 Å². The predicted molar refractivity (Wildman–Crippen MR) is 76.5 cm³/mol. The minimum atomic E-state index is -0.513. The Hall–Kier alpha value is -1.47. The number of anilines is 1. The van der Waals surface area contributed by atoms with Gasteiger partial charge in [-0.3, -0.25) is 14.5 Å². The fraction of sp³-hybridized carbons (Fsp3) is 0.385. The van der Waals surface area contributed by atoms with Crippen molar-refractivity contribution >= 4 is 33.4 Å². The van der Waals surface area contributed by atoms with Crippen LogP contribution >= 0.6 is 15.9 Å². The first-order chi connectivity index (χ1) is 9.47. The monoisotopic (exact) mass is 343 g/mol. The van der Waals surface area contributed by atoms with Crippen LogP contribution < -0.4 is 11.1 Å². The number of benzene rings is 1. The van der Waals surface area contributed by atoms with Crippen LogP contribution in [0.4, 0.5) is 10.1 Å².